The number of hydrogen-bond donors (Lipinski definition) is 0. The van der Waals surface area contributed by atoms with Gasteiger partial charge < -0.3 is 0 Å². The van der Waals surface area contributed by atoms with Crippen LogP contribution in [-0.2, 0) is 13.5 Å². The lowest BCUT2D eigenvalue weighted by Gasteiger charge is -2.12. The Morgan fingerprint density at radius 2 is 2.23 bits per heavy atom. The van der Waals surface area contributed by atoms with Crippen molar-refractivity contribution < 1.29 is 0 Å². The van der Waals surface area contributed by atoms with Crippen LogP contribution >= 0.6 is 11.6 Å². The molecule has 0 aliphatic heterocycles. The molecular formula is C10H17ClN2. The van der Waals surface area contributed by atoms with Crippen LogP contribution < -0.4 is 0 Å². The Hall–Kier alpha value is -0.500. The zero-order valence-corrected chi connectivity index (χ0v) is 9.25. The largest absolute Gasteiger partial charge is 0.273 e. The molecule has 0 spiro atoms. The van der Waals surface area contributed by atoms with Gasteiger partial charge in [-0.3, -0.25) is 4.68 Å². The average molecular weight is 201 g/mol. The first-order valence-corrected chi connectivity index (χ1v) is 5.16. The van der Waals surface area contributed by atoms with Crippen LogP contribution in [0.25, 0.3) is 0 Å². The first kappa shape index (κ1) is 10.6. The number of alkyl halides is 1. The van der Waals surface area contributed by atoms with Crippen molar-refractivity contribution >= 4 is 11.6 Å². The van der Waals surface area contributed by atoms with Gasteiger partial charge in [-0.1, -0.05) is 6.92 Å². The summed E-state index contributed by atoms with van der Waals surface area (Å²) in [4.78, 5) is 0. The fourth-order valence-electron chi connectivity index (χ4n) is 1.25. The van der Waals surface area contributed by atoms with Crippen LogP contribution in [0.2, 0.25) is 0 Å². The monoisotopic (exact) mass is 200 g/mol. The highest BCUT2D eigenvalue weighted by Gasteiger charge is 2.09. The molecule has 0 saturated carbocycles. The first-order valence-electron chi connectivity index (χ1n) is 4.72. The van der Waals surface area contributed by atoms with E-state index in [1.54, 1.807) is 0 Å². The minimum absolute atomic E-state index is 0.258. The van der Waals surface area contributed by atoms with E-state index < -0.39 is 0 Å². The van der Waals surface area contributed by atoms with Gasteiger partial charge in [-0.25, -0.2) is 0 Å². The summed E-state index contributed by atoms with van der Waals surface area (Å²) in [5.41, 5.74) is 1.28. The molecule has 0 aliphatic rings. The Balaban J connectivity index is 2.39. The first-order chi connectivity index (χ1) is 6.11. The maximum atomic E-state index is 5.99. The number of aryl methyl sites for hydroxylation is 2. The predicted molar refractivity (Wildman–Crippen MR) is 56.0 cm³/mol. The van der Waals surface area contributed by atoms with Crippen molar-refractivity contribution in [2.24, 2.45) is 13.0 Å². The van der Waals surface area contributed by atoms with Gasteiger partial charge in [0.2, 0.25) is 0 Å². The molecule has 0 aliphatic carbocycles. The van der Waals surface area contributed by atoms with E-state index in [0.29, 0.717) is 5.92 Å². The molecule has 2 atom stereocenters. The normalized spacial score (nSPS) is 15.7. The van der Waals surface area contributed by atoms with Crippen LogP contribution in [0.15, 0.2) is 12.3 Å². The molecule has 13 heavy (non-hydrogen) atoms. The van der Waals surface area contributed by atoms with E-state index >= 15 is 0 Å². The maximum absolute atomic E-state index is 5.99. The van der Waals surface area contributed by atoms with Gasteiger partial charge in [0.15, 0.2) is 0 Å². The summed E-state index contributed by atoms with van der Waals surface area (Å²) in [6, 6.07) is 2.06. The number of hydrogen-bond acceptors (Lipinski definition) is 1. The van der Waals surface area contributed by atoms with Crippen molar-refractivity contribution in [3.8, 4) is 0 Å². The van der Waals surface area contributed by atoms with Crippen LogP contribution in [0, 0.1) is 5.92 Å². The summed E-state index contributed by atoms with van der Waals surface area (Å²) < 4.78 is 1.92. The van der Waals surface area contributed by atoms with E-state index in [0.717, 1.165) is 12.8 Å². The summed E-state index contributed by atoms with van der Waals surface area (Å²) in [5.74, 6) is 0.566. The Bertz CT molecular complexity index is 255. The van der Waals surface area contributed by atoms with Gasteiger partial charge in [-0.15, -0.1) is 11.6 Å². The molecule has 1 rings (SSSR count). The van der Waals surface area contributed by atoms with Gasteiger partial charge in [-0.2, -0.15) is 5.10 Å². The molecule has 1 aromatic rings. The summed E-state index contributed by atoms with van der Waals surface area (Å²) in [6.07, 6.45) is 4.03. The summed E-state index contributed by atoms with van der Waals surface area (Å²) in [5, 5.41) is 4.38. The zero-order valence-electron chi connectivity index (χ0n) is 8.50. The van der Waals surface area contributed by atoms with E-state index in [4.69, 9.17) is 11.6 Å². The molecule has 0 bridgehead atoms. The highest BCUT2D eigenvalue weighted by molar-refractivity contribution is 6.20. The summed E-state index contributed by atoms with van der Waals surface area (Å²) in [6.45, 7) is 4.24. The second kappa shape index (κ2) is 4.66. The third kappa shape index (κ3) is 3.03. The van der Waals surface area contributed by atoms with Crippen LogP contribution in [-0.4, -0.2) is 15.2 Å². The molecule has 1 heterocycles. The molecule has 0 amide bonds. The third-order valence-electron chi connectivity index (χ3n) is 2.56. The Morgan fingerprint density at radius 3 is 2.69 bits per heavy atom. The average Bonchev–Trinajstić information content (AvgIpc) is 2.47. The highest BCUT2D eigenvalue weighted by atomic mass is 35.5. The van der Waals surface area contributed by atoms with Crippen molar-refractivity contribution in [3.05, 3.63) is 18.0 Å². The van der Waals surface area contributed by atoms with Crippen molar-refractivity contribution in [2.75, 3.05) is 0 Å². The van der Waals surface area contributed by atoms with Crippen LogP contribution in [0.5, 0.6) is 0 Å². The minimum atomic E-state index is 0.258. The fraction of sp³-hybridized carbons (Fsp3) is 0.700. The van der Waals surface area contributed by atoms with Crippen molar-refractivity contribution in [3.63, 3.8) is 0 Å². The molecule has 74 valence electrons. The molecular weight excluding hydrogens is 184 g/mol. The quantitative estimate of drug-likeness (QED) is 0.684. The topological polar surface area (TPSA) is 17.8 Å². The second-order valence-corrected chi connectivity index (χ2v) is 4.33. The SMILES string of the molecule is CC(Cl)C(C)CCc1ccnn1C. The zero-order chi connectivity index (χ0) is 9.84. The molecule has 0 radical (unpaired) electrons. The van der Waals surface area contributed by atoms with Gasteiger partial charge in [-0.05, 0) is 31.7 Å². The lowest BCUT2D eigenvalue weighted by Crippen LogP contribution is -2.09. The molecule has 0 fully saturated rings. The van der Waals surface area contributed by atoms with E-state index in [-0.39, 0.29) is 5.38 Å². The number of halogens is 1. The standard InChI is InChI=1S/C10H17ClN2/c1-8(9(2)11)4-5-10-6-7-12-13(10)3/h6-9H,4-5H2,1-3H3. The summed E-state index contributed by atoms with van der Waals surface area (Å²) in [7, 11) is 1.98. The Morgan fingerprint density at radius 1 is 1.54 bits per heavy atom. The summed E-state index contributed by atoms with van der Waals surface area (Å²) >= 11 is 5.99. The van der Waals surface area contributed by atoms with Gasteiger partial charge in [0.05, 0.1) is 0 Å². The number of aromatic nitrogens is 2. The number of nitrogens with zero attached hydrogens (tertiary/aromatic N) is 2. The molecule has 0 N–H and O–H groups in total. The van der Waals surface area contributed by atoms with Crippen molar-refractivity contribution in [1.82, 2.24) is 9.78 Å². The van der Waals surface area contributed by atoms with E-state index in [1.807, 2.05) is 17.9 Å². The molecule has 0 aromatic carbocycles. The fourth-order valence-corrected chi connectivity index (χ4v) is 1.38. The predicted octanol–water partition coefficient (Wildman–Crippen LogP) is 2.62. The van der Waals surface area contributed by atoms with Crippen LogP contribution in [0.4, 0.5) is 0 Å². The Labute approximate surface area is 84.9 Å². The maximum Gasteiger partial charge on any atom is 0.0492 e. The van der Waals surface area contributed by atoms with Crippen molar-refractivity contribution in [1.29, 1.82) is 0 Å². The van der Waals surface area contributed by atoms with E-state index in [9.17, 15) is 0 Å². The molecule has 1 aromatic heterocycles. The third-order valence-corrected chi connectivity index (χ3v) is 2.99. The molecule has 2 unspecified atom stereocenters. The van der Waals surface area contributed by atoms with Crippen LogP contribution in [0.1, 0.15) is 26.0 Å². The lowest BCUT2D eigenvalue weighted by molar-refractivity contribution is 0.511. The van der Waals surface area contributed by atoms with Crippen LogP contribution in [0.3, 0.4) is 0 Å². The Kier molecular flexibility index (Phi) is 3.79. The lowest BCUT2D eigenvalue weighted by atomic mass is 10.0. The van der Waals surface area contributed by atoms with E-state index in [1.165, 1.54) is 5.69 Å². The minimum Gasteiger partial charge on any atom is -0.273 e. The van der Waals surface area contributed by atoms with Gasteiger partial charge in [0.25, 0.3) is 0 Å². The van der Waals surface area contributed by atoms with Crippen molar-refractivity contribution in [2.45, 2.75) is 32.1 Å². The molecule has 0 saturated heterocycles. The smallest absolute Gasteiger partial charge is 0.0492 e. The number of rotatable bonds is 4. The molecule has 2 nitrogen and oxygen atoms in total. The molecule has 3 heteroatoms. The van der Waals surface area contributed by atoms with Gasteiger partial charge >= 0.3 is 0 Å². The van der Waals surface area contributed by atoms with E-state index in [2.05, 4.69) is 25.0 Å². The second-order valence-electron chi connectivity index (χ2n) is 3.64. The highest BCUT2D eigenvalue weighted by Crippen LogP contribution is 2.16. The van der Waals surface area contributed by atoms with Gasteiger partial charge in [0, 0.05) is 24.3 Å². The van der Waals surface area contributed by atoms with Gasteiger partial charge in [0.1, 0.15) is 0 Å².